The maximum Gasteiger partial charge on any atom is 0.257 e. The molecule has 3 aromatic heterocycles. The number of amides is 1. The summed E-state index contributed by atoms with van der Waals surface area (Å²) in [7, 11) is 0. The summed E-state index contributed by atoms with van der Waals surface area (Å²) in [5.41, 5.74) is 8.31. The van der Waals surface area contributed by atoms with Crippen LogP contribution in [0.3, 0.4) is 0 Å². The molecule has 0 bridgehead atoms. The molecule has 1 amide bonds. The van der Waals surface area contributed by atoms with E-state index in [9.17, 15) is 9.59 Å². The molecule has 0 aliphatic rings. The van der Waals surface area contributed by atoms with E-state index < -0.39 is 0 Å². The van der Waals surface area contributed by atoms with Crippen LogP contribution in [0.2, 0.25) is 0 Å². The molecule has 0 aromatic carbocycles. The van der Waals surface area contributed by atoms with E-state index in [1.807, 2.05) is 33.0 Å². The van der Waals surface area contributed by atoms with Gasteiger partial charge in [0.15, 0.2) is 5.65 Å². The highest BCUT2D eigenvalue weighted by atomic mass is 16.2. The van der Waals surface area contributed by atoms with Crippen LogP contribution in [0, 0.1) is 0 Å². The Morgan fingerprint density at radius 3 is 2.74 bits per heavy atom. The number of fused-ring (bicyclic) bond motifs is 1. The topological polar surface area (TPSA) is 118 Å². The molecule has 27 heavy (non-hydrogen) atoms. The van der Waals surface area contributed by atoms with Gasteiger partial charge >= 0.3 is 0 Å². The van der Waals surface area contributed by atoms with E-state index in [2.05, 4.69) is 20.4 Å². The summed E-state index contributed by atoms with van der Waals surface area (Å²) >= 11 is 0. The Morgan fingerprint density at radius 1 is 1.30 bits per heavy atom. The van der Waals surface area contributed by atoms with Gasteiger partial charge in [-0.3, -0.25) is 9.59 Å². The zero-order valence-electron chi connectivity index (χ0n) is 15.7. The molecule has 3 aromatic rings. The third-order valence-corrected chi connectivity index (χ3v) is 4.33. The summed E-state index contributed by atoms with van der Waals surface area (Å²) < 4.78 is 1.56. The number of rotatable bonds is 5. The molecule has 0 saturated heterocycles. The van der Waals surface area contributed by atoms with Crippen LogP contribution in [-0.2, 0) is 18.4 Å². The zero-order chi connectivity index (χ0) is 19.6. The molecule has 0 atom stereocenters. The summed E-state index contributed by atoms with van der Waals surface area (Å²) in [6.45, 7) is 6.72. The first-order chi connectivity index (χ1) is 12.8. The number of hydrogen-bond donors (Lipinski definition) is 3. The van der Waals surface area contributed by atoms with Gasteiger partial charge in [0, 0.05) is 35.6 Å². The maximum atomic E-state index is 12.5. The van der Waals surface area contributed by atoms with Crippen molar-refractivity contribution in [2.75, 3.05) is 6.54 Å². The number of pyridine rings is 1. The number of aromatic amines is 1. The molecular formula is C19H24N6O2. The minimum Gasteiger partial charge on any atom is -0.348 e. The van der Waals surface area contributed by atoms with Gasteiger partial charge in [-0.05, 0) is 30.7 Å². The smallest absolute Gasteiger partial charge is 0.257 e. The molecule has 4 N–H and O–H groups in total. The molecule has 0 unspecified atom stereocenters. The molecule has 0 spiro atoms. The van der Waals surface area contributed by atoms with Crippen molar-refractivity contribution in [3.63, 3.8) is 0 Å². The third-order valence-electron chi connectivity index (χ3n) is 4.33. The second kappa shape index (κ2) is 7.32. The zero-order valence-corrected chi connectivity index (χ0v) is 15.7. The number of nitrogens with two attached hydrogens (primary N) is 1. The Labute approximate surface area is 156 Å². The molecule has 142 valence electrons. The predicted molar refractivity (Wildman–Crippen MR) is 103 cm³/mol. The average molecular weight is 368 g/mol. The van der Waals surface area contributed by atoms with E-state index in [0.29, 0.717) is 29.7 Å². The molecule has 3 heterocycles. The minimum absolute atomic E-state index is 0.126. The van der Waals surface area contributed by atoms with Crippen LogP contribution < -0.4 is 16.6 Å². The average Bonchev–Trinajstić information content (AvgIpc) is 3.03. The number of nitrogens with one attached hydrogen (secondary N) is 2. The summed E-state index contributed by atoms with van der Waals surface area (Å²) in [6.07, 6.45) is 5.66. The van der Waals surface area contributed by atoms with Crippen molar-refractivity contribution in [2.45, 2.75) is 39.2 Å². The summed E-state index contributed by atoms with van der Waals surface area (Å²) in [4.78, 5) is 31.9. The van der Waals surface area contributed by atoms with E-state index in [0.717, 1.165) is 11.3 Å². The number of aromatic nitrogens is 4. The van der Waals surface area contributed by atoms with Gasteiger partial charge in [0.2, 0.25) is 0 Å². The van der Waals surface area contributed by atoms with Gasteiger partial charge in [-0.15, -0.1) is 0 Å². The van der Waals surface area contributed by atoms with Crippen molar-refractivity contribution in [1.29, 1.82) is 0 Å². The number of nitrogens with zero attached hydrogens (tertiary/aromatic N) is 3. The fraction of sp³-hybridized carbons (Fsp3) is 0.368. The molecule has 0 radical (unpaired) electrons. The molecule has 0 aliphatic heterocycles. The predicted octanol–water partition coefficient (Wildman–Crippen LogP) is 1.15. The fourth-order valence-electron chi connectivity index (χ4n) is 2.72. The van der Waals surface area contributed by atoms with Crippen molar-refractivity contribution < 1.29 is 4.79 Å². The number of carbonyl (C=O) groups is 1. The van der Waals surface area contributed by atoms with Crippen molar-refractivity contribution in [3.8, 4) is 0 Å². The Kier molecular flexibility index (Phi) is 5.09. The second-order valence-electron chi connectivity index (χ2n) is 7.49. The first-order valence-corrected chi connectivity index (χ1v) is 8.83. The van der Waals surface area contributed by atoms with Crippen LogP contribution >= 0.6 is 0 Å². The van der Waals surface area contributed by atoms with E-state index >= 15 is 0 Å². The van der Waals surface area contributed by atoms with Gasteiger partial charge in [-0.2, -0.15) is 5.10 Å². The normalized spacial score (nSPS) is 11.7. The van der Waals surface area contributed by atoms with Gasteiger partial charge in [0.1, 0.15) is 5.56 Å². The number of carbonyl (C=O) groups excluding carboxylic acids is 1. The van der Waals surface area contributed by atoms with Crippen LogP contribution in [0.4, 0.5) is 0 Å². The maximum absolute atomic E-state index is 12.5. The monoisotopic (exact) mass is 368 g/mol. The van der Waals surface area contributed by atoms with E-state index in [-0.39, 0.29) is 23.4 Å². The molecule has 8 heteroatoms. The highest BCUT2D eigenvalue weighted by Crippen LogP contribution is 2.18. The van der Waals surface area contributed by atoms with E-state index in [4.69, 9.17) is 5.73 Å². The highest BCUT2D eigenvalue weighted by molar-refractivity contribution is 5.99. The van der Waals surface area contributed by atoms with Crippen molar-refractivity contribution in [2.24, 2.45) is 5.73 Å². The number of H-pyrrole nitrogens is 1. The summed E-state index contributed by atoms with van der Waals surface area (Å²) in [5.74, 6) is -0.330. The lowest BCUT2D eigenvalue weighted by Gasteiger charge is -2.18. The van der Waals surface area contributed by atoms with Gasteiger partial charge in [-0.25, -0.2) is 9.50 Å². The Hall–Kier alpha value is -3.00. The van der Waals surface area contributed by atoms with Gasteiger partial charge in [0.05, 0.1) is 6.20 Å². The quantitative estimate of drug-likeness (QED) is 0.624. The van der Waals surface area contributed by atoms with Gasteiger partial charge in [-0.1, -0.05) is 20.8 Å². The lowest BCUT2D eigenvalue weighted by molar-refractivity contribution is 0.0952. The molecule has 0 aliphatic carbocycles. The summed E-state index contributed by atoms with van der Waals surface area (Å²) in [6, 6.07) is 3.62. The first-order valence-electron chi connectivity index (χ1n) is 8.83. The standard InChI is InChI=1S/C19H24N6O2/c1-19(2,3)15-5-4-13(17(26)24-15)9-22-18(27)14-10-23-25-11-12(6-7-20)8-21-16(14)25/h4-5,8,10-11H,6-7,9,20H2,1-3H3,(H,22,27)(H,24,26). The van der Waals surface area contributed by atoms with E-state index in [1.165, 1.54) is 6.20 Å². The highest BCUT2D eigenvalue weighted by Gasteiger charge is 2.17. The molecular weight excluding hydrogens is 344 g/mol. The van der Waals surface area contributed by atoms with Crippen molar-refractivity contribution >= 4 is 11.6 Å². The molecule has 3 rings (SSSR count). The van der Waals surface area contributed by atoms with Crippen LogP contribution in [0.15, 0.2) is 35.5 Å². The van der Waals surface area contributed by atoms with Crippen LogP contribution in [0.25, 0.3) is 5.65 Å². The number of hydrogen-bond acceptors (Lipinski definition) is 5. The Balaban J connectivity index is 1.75. The summed E-state index contributed by atoms with van der Waals surface area (Å²) in [5, 5.41) is 6.94. The molecule has 8 nitrogen and oxygen atoms in total. The van der Waals surface area contributed by atoms with E-state index in [1.54, 1.807) is 16.8 Å². The third kappa shape index (κ3) is 4.06. The SMILES string of the molecule is CC(C)(C)c1ccc(CNC(=O)c2cnn3cc(CCN)cnc23)c(=O)[nH]1. The van der Waals surface area contributed by atoms with Crippen LogP contribution in [-0.4, -0.2) is 32.0 Å². The minimum atomic E-state index is -0.330. The largest absolute Gasteiger partial charge is 0.348 e. The van der Waals surface area contributed by atoms with Crippen LogP contribution in [0.1, 0.15) is 48.0 Å². The Bertz CT molecular complexity index is 1030. The van der Waals surface area contributed by atoms with Crippen LogP contribution in [0.5, 0.6) is 0 Å². The first kappa shape index (κ1) is 18.8. The van der Waals surface area contributed by atoms with Crippen molar-refractivity contribution in [3.05, 3.63) is 63.5 Å². The van der Waals surface area contributed by atoms with Gasteiger partial charge < -0.3 is 16.0 Å². The lowest BCUT2D eigenvalue weighted by atomic mass is 9.91. The molecule has 0 fully saturated rings. The lowest BCUT2D eigenvalue weighted by Crippen LogP contribution is -2.28. The fourth-order valence-corrected chi connectivity index (χ4v) is 2.72. The second-order valence-corrected chi connectivity index (χ2v) is 7.49. The molecule has 0 saturated carbocycles. The van der Waals surface area contributed by atoms with Crippen molar-refractivity contribution in [1.82, 2.24) is 24.9 Å². The Morgan fingerprint density at radius 2 is 2.07 bits per heavy atom. The van der Waals surface area contributed by atoms with Gasteiger partial charge in [0.25, 0.3) is 11.5 Å².